The van der Waals surface area contributed by atoms with Gasteiger partial charge in [0.2, 0.25) is 0 Å². The highest BCUT2D eigenvalue weighted by Crippen LogP contribution is 2.32. The maximum atomic E-state index is 5.15. The molecule has 7 aromatic rings. The van der Waals surface area contributed by atoms with E-state index in [1.54, 1.807) is 0 Å². The van der Waals surface area contributed by atoms with Crippen LogP contribution < -0.4 is 0 Å². The van der Waals surface area contributed by atoms with Crippen molar-refractivity contribution in [3.63, 3.8) is 0 Å². The van der Waals surface area contributed by atoms with Crippen molar-refractivity contribution in [1.29, 1.82) is 0 Å². The van der Waals surface area contributed by atoms with E-state index in [4.69, 9.17) is 4.99 Å². The van der Waals surface area contributed by atoms with Crippen LogP contribution in [0.25, 0.3) is 55.1 Å². The van der Waals surface area contributed by atoms with Gasteiger partial charge in [0, 0.05) is 34.5 Å². The van der Waals surface area contributed by atoms with Crippen molar-refractivity contribution in [2.24, 2.45) is 4.99 Å². The van der Waals surface area contributed by atoms with Gasteiger partial charge < -0.3 is 0 Å². The van der Waals surface area contributed by atoms with Gasteiger partial charge in [-0.15, -0.1) is 0 Å². The van der Waals surface area contributed by atoms with E-state index in [0.29, 0.717) is 0 Å². The first-order valence-corrected chi connectivity index (χ1v) is 15.6. The zero-order valence-corrected chi connectivity index (χ0v) is 26.1. The molecule has 0 aliphatic carbocycles. The number of nitrogens with zero attached hydrogens (tertiary/aromatic N) is 2. The van der Waals surface area contributed by atoms with E-state index in [1.165, 1.54) is 27.3 Å². The van der Waals surface area contributed by atoms with Crippen molar-refractivity contribution < 1.29 is 0 Å². The minimum absolute atomic E-state index is 0.723. The summed E-state index contributed by atoms with van der Waals surface area (Å²) >= 11 is 0. The monoisotopic (exact) mass is 590 g/mol. The van der Waals surface area contributed by atoms with E-state index in [-0.39, 0.29) is 0 Å². The molecule has 0 aliphatic rings. The molecule has 2 heteroatoms. The van der Waals surface area contributed by atoms with E-state index in [0.717, 1.165) is 55.7 Å². The van der Waals surface area contributed by atoms with Gasteiger partial charge in [-0.25, -0.2) is 4.99 Å². The van der Waals surface area contributed by atoms with E-state index in [9.17, 15) is 0 Å². The van der Waals surface area contributed by atoms with Crippen LogP contribution in [-0.2, 0) is 0 Å². The lowest BCUT2D eigenvalue weighted by Gasteiger charge is -2.11. The normalized spacial score (nSPS) is 12.0. The Hall–Kier alpha value is -5.86. The molecule has 6 aromatic carbocycles. The van der Waals surface area contributed by atoms with Crippen LogP contribution in [0.2, 0.25) is 0 Å². The number of rotatable bonds is 7. The average molecular weight is 591 g/mol. The van der Waals surface area contributed by atoms with E-state index < -0.39 is 0 Å². The third kappa shape index (κ3) is 5.94. The molecule has 0 bridgehead atoms. The maximum absolute atomic E-state index is 5.15. The molecular weight excluding hydrogens is 556 g/mol. The topological polar surface area (TPSA) is 25.2 Å². The minimum Gasteiger partial charge on any atom is -0.263 e. The average Bonchev–Trinajstić information content (AvgIpc) is 3.11. The van der Waals surface area contributed by atoms with Crippen molar-refractivity contribution in [3.05, 3.63) is 187 Å². The Bertz CT molecular complexity index is 2260. The molecule has 0 fully saturated rings. The van der Waals surface area contributed by atoms with Crippen LogP contribution >= 0.6 is 0 Å². The van der Waals surface area contributed by atoms with Crippen LogP contribution in [0.15, 0.2) is 170 Å². The number of pyridine rings is 1. The number of aliphatic imine (C=N–C) groups is 1. The molecule has 0 aliphatic heterocycles. The second kappa shape index (κ2) is 12.6. The highest BCUT2D eigenvalue weighted by Gasteiger charge is 2.10. The molecule has 7 rings (SSSR count). The lowest BCUT2D eigenvalue weighted by atomic mass is 9.96. The molecule has 0 radical (unpaired) electrons. The molecule has 0 saturated carbocycles. The summed E-state index contributed by atoms with van der Waals surface area (Å²) < 4.78 is 0. The van der Waals surface area contributed by atoms with E-state index >= 15 is 0 Å². The van der Waals surface area contributed by atoms with Crippen LogP contribution in [0.1, 0.15) is 29.2 Å². The Balaban J connectivity index is 1.23. The van der Waals surface area contributed by atoms with Crippen molar-refractivity contribution in [3.8, 4) is 22.3 Å². The van der Waals surface area contributed by atoms with Gasteiger partial charge in [-0.05, 0) is 70.0 Å². The summed E-state index contributed by atoms with van der Waals surface area (Å²) in [5.74, 6) is 0. The summed E-state index contributed by atoms with van der Waals surface area (Å²) in [4.78, 5) is 9.62. The highest BCUT2D eigenvalue weighted by atomic mass is 14.8. The molecule has 1 heterocycles. The lowest BCUT2D eigenvalue weighted by Crippen LogP contribution is -1.99. The van der Waals surface area contributed by atoms with Crippen molar-refractivity contribution in [2.45, 2.75) is 13.8 Å². The molecule has 0 saturated heterocycles. The Kier molecular flexibility index (Phi) is 7.93. The summed E-state index contributed by atoms with van der Waals surface area (Å²) in [7, 11) is 0. The Morgan fingerprint density at radius 2 is 1.24 bits per heavy atom. The maximum Gasteiger partial charge on any atom is 0.0712 e. The third-order valence-corrected chi connectivity index (χ3v) is 8.57. The highest BCUT2D eigenvalue weighted by molar-refractivity contribution is 6.14. The van der Waals surface area contributed by atoms with Crippen LogP contribution in [0.4, 0.5) is 0 Å². The predicted octanol–water partition coefficient (Wildman–Crippen LogP) is 11.6. The molecule has 0 unspecified atom stereocenters. The Morgan fingerprint density at radius 3 is 2.02 bits per heavy atom. The van der Waals surface area contributed by atoms with Gasteiger partial charge in [0.05, 0.1) is 11.4 Å². The fraction of sp³-hybridized carbons (Fsp3) is 0.0455. The summed E-state index contributed by atoms with van der Waals surface area (Å²) in [6.07, 6.45) is 6.03. The van der Waals surface area contributed by atoms with Gasteiger partial charge >= 0.3 is 0 Å². The second-order valence-corrected chi connectivity index (χ2v) is 11.7. The van der Waals surface area contributed by atoms with Gasteiger partial charge in [-0.1, -0.05) is 146 Å². The first-order valence-electron chi connectivity index (χ1n) is 15.6. The van der Waals surface area contributed by atoms with Gasteiger partial charge in [0.15, 0.2) is 0 Å². The molecular formula is C44H34N2. The fourth-order valence-electron chi connectivity index (χ4n) is 6.01. The molecule has 1 aromatic heterocycles. The molecule has 46 heavy (non-hydrogen) atoms. The van der Waals surface area contributed by atoms with E-state index in [2.05, 4.69) is 171 Å². The van der Waals surface area contributed by atoms with Gasteiger partial charge in [-0.3, -0.25) is 4.98 Å². The van der Waals surface area contributed by atoms with E-state index in [1.807, 2.05) is 12.4 Å². The molecule has 220 valence electrons. The largest absolute Gasteiger partial charge is 0.263 e. The second-order valence-electron chi connectivity index (χ2n) is 11.7. The number of aryl methyl sites for hydroxylation is 1. The van der Waals surface area contributed by atoms with Crippen molar-refractivity contribution in [2.75, 3.05) is 0 Å². The summed E-state index contributed by atoms with van der Waals surface area (Å²) in [5, 5.41) is 4.81. The first-order chi connectivity index (χ1) is 22.5. The summed E-state index contributed by atoms with van der Waals surface area (Å²) in [6.45, 7) is 8.68. The summed E-state index contributed by atoms with van der Waals surface area (Å²) in [5.41, 5.74) is 11.8. The van der Waals surface area contributed by atoms with Crippen molar-refractivity contribution in [1.82, 2.24) is 4.98 Å². The van der Waals surface area contributed by atoms with Gasteiger partial charge in [-0.2, -0.15) is 0 Å². The zero-order chi connectivity index (χ0) is 31.5. The van der Waals surface area contributed by atoms with Crippen LogP contribution in [0, 0.1) is 6.92 Å². The Labute approximate surface area is 270 Å². The summed E-state index contributed by atoms with van der Waals surface area (Å²) in [6, 6.07) is 49.1. The van der Waals surface area contributed by atoms with Crippen LogP contribution in [-0.4, -0.2) is 10.7 Å². The number of hydrogen-bond donors (Lipinski definition) is 0. The number of aromatic nitrogens is 1. The first kappa shape index (κ1) is 28.9. The molecule has 0 atom stereocenters. The molecule has 0 amide bonds. The van der Waals surface area contributed by atoms with Gasteiger partial charge in [0.25, 0.3) is 0 Å². The third-order valence-electron chi connectivity index (χ3n) is 8.57. The predicted molar refractivity (Wildman–Crippen MR) is 197 cm³/mol. The van der Waals surface area contributed by atoms with Gasteiger partial charge in [0.1, 0.15) is 0 Å². The molecule has 0 N–H and O–H groups in total. The zero-order valence-electron chi connectivity index (χ0n) is 26.1. The van der Waals surface area contributed by atoms with Crippen LogP contribution in [0.3, 0.4) is 0 Å². The standard InChI is InChI=1S/C44H34N2/c1-30-18-20-36(21-19-30)44(26-31(2)33-22-24-35(25-23-33)43-29-45-28-39-11-5-7-16-42(39)43)46-32(3)37-13-8-14-38(27-37)41-17-9-12-34-10-4-6-15-40(34)41/h4-29H,3H2,1-2H3/b31-26+,46-44+. The van der Waals surface area contributed by atoms with Crippen molar-refractivity contribution >= 4 is 38.5 Å². The number of benzene rings is 6. The number of allylic oxidation sites excluding steroid dienone is 2. The molecule has 0 spiro atoms. The SMILES string of the molecule is C=C(/N=C(\C=C(/C)c1ccc(-c2cncc3ccccc23)cc1)c1ccc(C)cc1)c1cccc(-c2cccc3ccccc23)c1. The smallest absolute Gasteiger partial charge is 0.0712 e. The fourth-order valence-corrected chi connectivity index (χ4v) is 6.01. The van der Waals surface area contributed by atoms with Crippen LogP contribution in [0.5, 0.6) is 0 Å². The Morgan fingerprint density at radius 1 is 0.587 bits per heavy atom. The lowest BCUT2D eigenvalue weighted by molar-refractivity contribution is 1.36. The molecule has 2 nitrogen and oxygen atoms in total. The number of fused-ring (bicyclic) bond motifs is 2. The quantitative estimate of drug-likeness (QED) is 0.170. The number of hydrogen-bond acceptors (Lipinski definition) is 2. The minimum atomic E-state index is 0.723.